The first-order chi connectivity index (χ1) is 8.72. The van der Waals surface area contributed by atoms with Gasteiger partial charge in [-0.2, -0.15) is 0 Å². The number of likely N-dealkylation sites (tertiary alicyclic amines) is 1. The summed E-state index contributed by atoms with van der Waals surface area (Å²) < 4.78 is 0. The van der Waals surface area contributed by atoms with Gasteiger partial charge in [0.2, 0.25) is 5.91 Å². The monoisotopic (exact) mass is 327 g/mol. The third-order valence-electron chi connectivity index (χ3n) is 3.78. The number of piperidine rings is 1. The van der Waals surface area contributed by atoms with Crippen LogP contribution in [-0.4, -0.2) is 44.0 Å². The molecule has 3 N–H and O–H groups in total. The molecule has 1 aliphatic rings. The Kier molecular flexibility index (Phi) is 15.5. The van der Waals surface area contributed by atoms with Crippen molar-refractivity contribution >= 4 is 30.7 Å². The number of carbonyl (C=O) groups is 1. The van der Waals surface area contributed by atoms with Crippen LogP contribution in [0.2, 0.25) is 0 Å². The van der Waals surface area contributed by atoms with Crippen molar-refractivity contribution < 1.29 is 4.79 Å². The molecule has 0 saturated carbocycles. The maximum atomic E-state index is 11.6. The lowest BCUT2D eigenvalue weighted by Crippen LogP contribution is -2.36. The van der Waals surface area contributed by atoms with Gasteiger partial charge in [-0.3, -0.25) is 4.79 Å². The number of hydrogen-bond acceptors (Lipinski definition) is 3. The molecule has 0 bridgehead atoms. The van der Waals surface area contributed by atoms with Gasteiger partial charge in [0.15, 0.2) is 0 Å². The Balaban J connectivity index is 0. The number of halogens is 2. The van der Waals surface area contributed by atoms with E-state index in [4.69, 9.17) is 5.73 Å². The fourth-order valence-corrected chi connectivity index (χ4v) is 2.40. The number of rotatable bonds is 8. The fraction of sp³-hybridized carbons (Fsp3) is 0.929. The Bertz CT molecular complexity index is 234. The van der Waals surface area contributed by atoms with Crippen molar-refractivity contribution in [2.45, 2.75) is 44.9 Å². The van der Waals surface area contributed by atoms with E-state index < -0.39 is 0 Å². The quantitative estimate of drug-likeness (QED) is 0.672. The average molecular weight is 328 g/mol. The van der Waals surface area contributed by atoms with Gasteiger partial charge in [0, 0.05) is 13.0 Å². The Morgan fingerprint density at radius 3 is 2.35 bits per heavy atom. The van der Waals surface area contributed by atoms with Crippen molar-refractivity contribution in [3.05, 3.63) is 0 Å². The molecular formula is C14H31Cl2N3O. The molecule has 1 rings (SSSR count). The third kappa shape index (κ3) is 10.7. The van der Waals surface area contributed by atoms with Gasteiger partial charge < -0.3 is 16.0 Å². The van der Waals surface area contributed by atoms with E-state index in [9.17, 15) is 4.79 Å². The molecule has 1 saturated heterocycles. The molecule has 0 aromatic heterocycles. The van der Waals surface area contributed by atoms with Crippen molar-refractivity contribution in [2.24, 2.45) is 11.7 Å². The lowest BCUT2D eigenvalue weighted by Gasteiger charge is -2.28. The summed E-state index contributed by atoms with van der Waals surface area (Å²) in [6.07, 6.45) is 7.46. The Morgan fingerprint density at radius 2 is 1.75 bits per heavy atom. The van der Waals surface area contributed by atoms with Gasteiger partial charge in [-0.05, 0) is 58.3 Å². The van der Waals surface area contributed by atoms with Gasteiger partial charge in [-0.15, -0.1) is 24.8 Å². The van der Waals surface area contributed by atoms with Crippen molar-refractivity contribution in [2.75, 3.05) is 33.2 Å². The van der Waals surface area contributed by atoms with Crippen LogP contribution in [0.1, 0.15) is 44.9 Å². The van der Waals surface area contributed by atoms with Crippen molar-refractivity contribution in [1.29, 1.82) is 0 Å². The number of carbonyl (C=O) groups excluding carboxylic acids is 1. The summed E-state index contributed by atoms with van der Waals surface area (Å²) in [6.45, 7) is 3.97. The summed E-state index contributed by atoms with van der Waals surface area (Å²) in [5, 5.41) is 3.08. The molecule has 122 valence electrons. The van der Waals surface area contributed by atoms with E-state index in [1.54, 1.807) is 0 Å². The van der Waals surface area contributed by atoms with Crippen LogP contribution in [0.5, 0.6) is 0 Å². The zero-order valence-corrected chi connectivity index (χ0v) is 14.2. The van der Waals surface area contributed by atoms with Gasteiger partial charge in [0.25, 0.3) is 0 Å². The molecule has 0 unspecified atom stereocenters. The van der Waals surface area contributed by atoms with Crippen LogP contribution in [0.15, 0.2) is 0 Å². The summed E-state index contributed by atoms with van der Waals surface area (Å²) in [5.41, 5.74) is 5.43. The Labute approximate surface area is 136 Å². The number of unbranched alkanes of at least 4 members (excludes halogenated alkanes) is 3. The predicted molar refractivity (Wildman–Crippen MR) is 89.9 cm³/mol. The van der Waals surface area contributed by atoms with Gasteiger partial charge >= 0.3 is 0 Å². The summed E-state index contributed by atoms with van der Waals surface area (Å²) >= 11 is 0. The van der Waals surface area contributed by atoms with E-state index in [0.717, 1.165) is 38.8 Å². The van der Waals surface area contributed by atoms with E-state index in [-0.39, 0.29) is 30.7 Å². The van der Waals surface area contributed by atoms with Crippen LogP contribution < -0.4 is 11.1 Å². The first kappa shape index (κ1) is 22.3. The van der Waals surface area contributed by atoms with Crippen LogP contribution in [0.25, 0.3) is 0 Å². The molecule has 0 aromatic rings. The maximum Gasteiger partial charge on any atom is 0.220 e. The van der Waals surface area contributed by atoms with E-state index in [1.165, 1.54) is 25.9 Å². The topological polar surface area (TPSA) is 58.4 Å². The minimum absolute atomic E-state index is 0. The zero-order chi connectivity index (χ0) is 13.2. The highest BCUT2D eigenvalue weighted by molar-refractivity contribution is 5.85. The second kappa shape index (κ2) is 13.9. The highest BCUT2D eigenvalue weighted by atomic mass is 35.5. The van der Waals surface area contributed by atoms with E-state index in [0.29, 0.717) is 12.3 Å². The van der Waals surface area contributed by atoms with Crippen LogP contribution >= 0.6 is 24.8 Å². The van der Waals surface area contributed by atoms with E-state index >= 15 is 0 Å². The summed E-state index contributed by atoms with van der Waals surface area (Å²) in [5.74, 6) is 0.907. The molecule has 1 fully saturated rings. The van der Waals surface area contributed by atoms with Gasteiger partial charge in [0.05, 0.1) is 0 Å². The van der Waals surface area contributed by atoms with Crippen molar-refractivity contribution in [1.82, 2.24) is 10.2 Å². The molecule has 20 heavy (non-hydrogen) atoms. The van der Waals surface area contributed by atoms with Crippen LogP contribution in [-0.2, 0) is 4.79 Å². The number of nitrogens with two attached hydrogens (primary N) is 1. The largest absolute Gasteiger partial charge is 0.356 e. The normalized spacial score (nSPS) is 16.1. The minimum Gasteiger partial charge on any atom is -0.356 e. The maximum absolute atomic E-state index is 11.6. The highest BCUT2D eigenvalue weighted by Gasteiger charge is 2.16. The number of nitrogens with one attached hydrogen (secondary N) is 1. The number of amides is 1. The lowest BCUT2D eigenvalue weighted by atomic mass is 9.97. The van der Waals surface area contributed by atoms with Gasteiger partial charge in [0.1, 0.15) is 0 Å². The molecule has 0 atom stereocenters. The van der Waals surface area contributed by atoms with Crippen molar-refractivity contribution in [3.8, 4) is 0 Å². The zero-order valence-electron chi connectivity index (χ0n) is 12.6. The molecule has 1 heterocycles. The Morgan fingerprint density at radius 1 is 1.15 bits per heavy atom. The molecule has 1 amide bonds. The second-order valence-electron chi connectivity index (χ2n) is 5.50. The SMILES string of the molecule is CN1CCC(CNC(=O)CCCCCCN)CC1.Cl.Cl. The molecule has 4 nitrogen and oxygen atoms in total. The van der Waals surface area contributed by atoms with E-state index in [2.05, 4.69) is 17.3 Å². The molecule has 0 spiro atoms. The summed E-state index contributed by atoms with van der Waals surface area (Å²) in [7, 11) is 2.16. The van der Waals surface area contributed by atoms with Crippen molar-refractivity contribution in [3.63, 3.8) is 0 Å². The molecule has 1 aliphatic heterocycles. The van der Waals surface area contributed by atoms with Crippen LogP contribution in [0.4, 0.5) is 0 Å². The van der Waals surface area contributed by atoms with Crippen LogP contribution in [0, 0.1) is 5.92 Å². The first-order valence-electron chi connectivity index (χ1n) is 7.37. The smallest absolute Gasteiger partial charge is 0.220 e. The summed E-state index contributed by atoms with van der Waals surface area (Å²) in [6, 6.07) is 0. The predicted octanol–water partition coefficient (Wildman–Crippen LogP) is 2.20. The second-order valence-corrected chi connectivity index (χ2v) is 5.50. The van der Waals surface area contributed by atoms with Gasteiger partial charge in [-0.1, -0.05) is 12.8 Å². The Hall–Kier alpha value is -0.0300. The third-order valence-corrected chi connectivity index (χ3v) is 3.78. The molecule has 0 aromatic carbocycles. The number of nitrogens with zero attached hydrogens (tertiary/aromatic N) is 1. The fourth-order valence-electron chi connectivity index (χ4n) is 2.40. The average Bonchev–Trinajstić information content (AvgIpc) is 2.38. The van der Waals surface area contributed by atoms with Crippen LogP contribution in [0.3, 0.4) is 0 Å². The molecule has 0 radical (unpaired) electrons. The standard InChI is InChI=1S/C14H29N3O.2ClH/c1-17-10-7-13(8-11-17)12-16-14(18)6-4-2-3-5-9-15;;/h13H,2-12,15H2,1H3,(H,16,18);2*1H. The lowest BCUT2D eigenvalue weighted by molar-refractivity contribution is -0.121. The molecule has 6 heteroatoms. The molecular weight excluding hydrogens is 297 g/mol. The van der Waals surface area contributed by atoms with Gasteiger partial charge in [-0.25, -0.2) is 0 Å². The minimum atomic E-state index is 0. The number of hydrogen-bond donors (Lipinski definition) is 2. The summed E-state index contributed by atoms with van der Waals surface area (Å²) in [4.78, 5) is 14.0. The molecule has 0 aliphatic carbocycles. The first-order valence-corrected chi connectivity index (χ1v) is 7.37. The highest BCUT2D eigenvalue weighted by Crippen LogP contribution is 2.14. The van der Waals surface area contributed by atoms with E-state index in [1.807, 2.05) is 0 Å².